The number of benzene rings is 3. The van der Waals surface area contributed by atoms with Crippen LogP contribution in [0.15, 0.2) is 36.4 Å². The van der Waals surface area contributed by atoms with Crippen molar-refractivity contribution in [3.63, 3.8) is 0 Å². The van der Waals surface area contributed by atoms with Crippen LogP contribution in [0.25, 0.3) is 0 Å². The van der Waals surface area contributed by atoms with Gasteiger partial charge in [-0.15, -0.1) is 0 Å². The molecule has 4 heteroatoms. The summed E-state index contributed by atoms with van der Waals surface area (Å²) >= 11 is 0. The summed E-state index contributed by atoms with van der Waals surface area (Å²) in [5, 5.41) is 31.2. The summed E-state index contributed by atoms with van der Waals surface area (Å²) in [4.78, 5) is 0. The van der Waals surface area contributed by atoms with Crippen molar-refractivity contribution in [2.75, 3.05) is 0 Å². The van der Waals surface area contributed by atoms with E-state index in [4.69, 9.17) is 0 Å². The first-order valence-corrected chi connectivity index (χ1v) is 17.6. The molecule has 0 aliphatic carbocycles. The van der Waals surface area contributed by atoms with Gasteiger partial charge in [-0.05, 0) is 86.6 Å². The molecule has 0 saturated heterocycles. The van der Waals surface area contributed by atoms with Gasteiger partial charge in [0.15, 0.2) is 0 Å². The molecule has 3 aromatic carbocycles. The molecule has 0 aliphatic rings. The molecule has 0 atom stereocenters. The van der Waals surface area contributed by atoms with Gasteiger partial charge in [0.1, 0.15) is 17.2 Å². The number of aryl methyl sites for hydroxylation is 3. The molecule has 0 spiro atoms. The van der Waals surface area contributed by atoms with E-state index in [9.17, 15) is 15.3 Å². The fourth-order valence-electron chi connectivity index (χ4n) is 5.77. The van der Waals surface area contributed by atoms with Crippen molar-refractivity contribution in [2.24, 2.45) is 0 Å². The Morgan fingerprint density at radius 1 is 0.286 bits per heavy atom. The van der Waals surface area contributed by atoms with Gasteiger partial charge in [-0.3, -0.25) is 0 Å². The molecule has 3 rings (SSSR count). The zero-order chi connectivity index (χ0) is 38.2. The van der Waals surface area contributed by atoms with Gasteiger partial charge in [0.05, 0.1) is 0 Å². The Morgan fingerprint density at radius 3 is 0.469 bits per heavy atom. The fraction of sp³-hybridized carbons (Fsp3) is 0.600. The third kappa shape index (κ3) is 13.5. The van der Waals surface area contributed by atoms with Crippen molar-refractivity contribution in [2.45, 2.75) is 178 Å². The van der Waals surface area contributed by atoms with Crippen LogP contribution >= 0.6 is 0 Å². The Kier molecular flexibility index (Phi) is 15.8. The molecule has 0 aliphatic heterocycles. The number of phenols is 3. The van der Waals surface area contributed by atoms with E-state index in [-0.39, 0.29) is 72.9 Å². The van der Waals surface area contributed by atoms with E-state index in [1.165, 1.54) is 16.7 Å². The predicted molar refractivity (Wildman–Crippen MR) is 211 cm³/mol. The molecular weight excluding hydrogens is 739 g/mol. The Labute approximate surface area is 334 Å². The van der Waals surface area contributed by atoms with Crippen LogP contribution in [0.3, 0.4) is 0 Å². The van der Waals surface area contributed by atoms with Crippen LogP contribution in [-0.2, 0) is 32.5 Å². The predicted octanol–water partition coefficient (Wildman–Crippen LogP) is 12.9. The number of phenolic OH excluding ortho intramolecular Hbond substituents is 3. The molecule has 0 bridgehead atoms. The molecule has 3 aromatic rings. The summed E-state index contributed by atoms with van der Waals surface area (Å²) in [6.07, 6.45) is 0. The summed E-state index contributed by atoms with van der Waals surface area (Å²) < 4.78 is 0. The van der Waals surface area contributed by atoms with Gasteiger partial charge in [-0.1, -0.05) is 178 Å². The molecule has 0 aromatic heterocycles. The SMILES string of the molecule is Cc1cc(C(C)(C)C)c(O)c(C(C)(C)C)c1.Cc1cc(C(C)(C)C)c(O)c(C(C)(C)C)c1.Cc1cc(C(C)(C)C)c(O)c(C(C)(C)C)c1.[Sm]. The van der Waals surface area contributed by atoms with Crippen molar-refractivity contribution in [1.82, 2.24) is 0 Å². The average Bonchev–Trinajstić information content (AvgIpc) is 2.84. The second kappa shape index (κ2) is 16.4. The number of aromatic hydroxyl groups is 3. The van der Waals surface area contributed by atoms with Crippen LogP contribution in [0, 0.1) is 61.2 Å². The Bertz CT molecular complexity index is 1260. The van der Waals surface area contributed by atoms with Gasteiger partial charge in [0.2, 0.25) is 0 Å². The maximum absolute atomic E-state index is 10.4. The van der Waals surface area contributed by atoms with Crippen LogP contribution in [0.5, 0.6) is 17.2 Å². The number of rotatable bonds is 0. The van der Waals surface area contributed by atoms with Gasteiger partial charge < -0.3 is 15.3 Å². The molecule has 0 heterocycles. The first kappa shape index (κ1) is 47.4. The van der Waals surface area contributed by atoms with Crippen molar-refractivity contribution in [1.29, 1.82) is 0 Å². The monoisotopic (exact) mass is 812 g/mol. The van der Waals surface area contributed by atoms with Crippen LogP contribution in [-0.4, -0.2) is 15.3 Å². The average molecular weight is 811 g/mol. The zero-order valence-electron chi connectivity index (χ0n) is 35.2. The van der Waals surface area contributed by atoms with Gasteiger partial charge in [0.25, 0.3) is 0 Å². The third-order valence-electron chi connectivity index (χ3n) is 8.61. The normalized spacial score (nSPS) is 12.7. The van der Waals surface area contributed by atoms with Crippen LogP contribution < -0.4 is 0 Å². The quantitative estimate of drug-likeness (QED) is 0.212. The summed E-state index contributed by atoms with van der Waals surface area (Å²) in [6, 6.07) is 12.5. The minimum Gasteiger partial charge on any atom is -0.507 e. The Morgan fingerprint density at radius 2 is 0.388 bits per heavy atom. The molecule has 49 heavy (non-hydrogen) atoms. The maximum atomic E-state index is 10.4. The zero-order valence-corrected chi connectivity index (χ0v) is 37.8. The van der Waals surface area contributed by atoms with E-state index in [2.05, 4.69) is 182 Å². The molecule has 3 N–H and O–H groups in total. The van der Waals surface area contributed by atoms with Crippen molar-refractivity contribution >= 4 is 0 Å². The van der Waals surface area contributed by atoms with E-state index < -0.39 is 0 Å². The Hall–Kier alpha value is -1.60. The minimum atomic E-state index is -0.0178. The molecular formula is C45H72O3Sm. The number of hydrogen-bond donors (Lipinski definition) is 3. The van der Waals surface area contributed by atoms with Crippen molar-refractivity contribution in [3.8, 4) is 17.2 Å². The largest absolute Gasteiger partial charge is 0.507 e. The topological polar surface area (TPSA) is 60.7 Å². The molecule has 0 radical (unpaired) electrons. The van der Waals surface area contributed by atoms with E-state index >= 15 is 0 Å². The maximum Gasteiger partial charge on any atom is 0.123 e. The van der Waals surface area contributed by atoms with Crippen LogP contribution in [0.4, 0.5) is 0 Å². The second-order valence-corrected chi connectivity index (χ2v) is 20.1. The van der Waals surface area contributed by atoms with E-state index in [1.807, 2.05) is 0 Å². The van der Waals surface area contributed by atoms with Crippen LogP contribution in [0.2, 0.25) is 0 Å². The fourth-order valence-corrected chi connectivity index (χ4v) is 5.77. The van der Waals surface area contributed by atoms with Gasteiger partial charge in [-0.2, -0.15) is 0 Å². The van der Waals surface area contributed by atoms with E-state index in [0.717, 1.165) is 33.4 Å². The summed E-state index contributed by atoms with van der Waals surface area (Å²) in [5.41, 5.74) is 9.78. The molecule has 0 unspecified atom stereocenters. The van der Waals surface area contributed by atoms with E-state index in [0.29, 0.717) is 17.2 Å². The van der Waals surface area contributed by atoms with Gasteiger partial charge in [0, 0.05) is 40.4 Å². The second-order valence-electron chi connectivity index (χ2n) is 20.1. The van der Waals surface area contributed by atoms with Crippen molar-refractivity contribution in [3.05, 3.63) is 86.5 Å². The third-order valence-corrected chi connectivity index (χ3v) is 8.61. The summed E-state index contributed by atoms with van der Waals surface area (Å²) in [6.45, 7) is 44.7. The molecule has 3 nitrogen and oxygen atoms in total. The van der Waals surface area contributed by atoms with Crippen LogP contribution in [0.1, 0.15) is 175 Å². The molecule has 0 fully saturated rings. The standard InChI is InChI=1S/3C15H24O.Sm/c3*1-10-8-11(14(2,3)4)13(16)12(9-10)15(5,6)7;/h3*8-9,16H,1-7H3;. The van der Waals surface area contributed by atoms with E-state index in [1.54, 1.807) is 0 Å². The Balaban J connectivity index is 0.000000698. The first-order valence-electron chi connectivity index (χ1n) is 17.6. The summed E-state index contributed by atoms with van der Waals surface area (Å²) in [7, 11) is 0. The smallest absolute Gasteiger partial charge is 0.123 e. The molecule has 276 valence electrons. The van der Waals surface area contributed by atoms with Gasteiger partial charge in [-0.25, -0.2) is 0 Å². The van der Waals surface area contributed by atoms with Gasteiger partial charge >= 0.3 is 0 Å². The first-order chi connectivity index (χ1) is 21.1. The minimum absolute atomic E-state index is 0. The van der Waals surface area contributed by atoms with Crippen molar-refractivity contribution < 1.29 is 55.7 Å². The summed E-state index contributed by atoms with van der Waals surface area (Å²) in [5.74, 6) is 1.39. The number of hydrogen-bond acceptors (Lipinski definition) is 3. The molecule has 0 saturated carbocycles. The molecule has 0 amide bonds.